The van der Waals surface area contributed by atoms with Crippen molar-refractivity contribution in [1.82, 2.24) is 20.0 Å². The van der Waals surface area contributed by atoms with E-state index in [0.29, 0.717) is 31.3 Å². The molecule has 2 aromatic carbocycles. The maximum Gasteiger partial charge on any atom is 0.247 e. The summed E-state index contributed by atoms with van der Waals surface area (Å²) in [7, 11) is 1.76. The van der Waals surface area contributed by atoms with Crippen molar-refractivity contribution in [1.29, 1.82) is 0 Å². The first-order valence-electron chi connectivity index (χ1n) is 10.1. The Kier molecular flexibility index (Phi) is 5.61. The molecule has 2 heterocycles. The van der Waals surface area contributed by atoms with Crippen molar-refractivity contribution in [3.8, 4) is 22.6 Å². The summed E-state index contributed by atoms with van der Waals surface area (Å²) in [6, 6.07) is 17.6. The van der Waals surface area contributed by atoms with E-state index < -0.39 is 6.04 Å². The number of hydrogen-bond acceptors (Lipinski definition) is 5. The molecule has 1 saturated heterocycles. The van der Waals surface area contributed by atoms with E-state index >= 15 is 0 Å². The third kappa shape index (κ3) is 4.10. The highest BCUT2D eigenvalue weighted by molar-refractivity contribution is 5.88. The number of benzene rings is 2. The minimum Gasteiger partial charge on any atom is -0.421 e. The van der Waals surface area contributed by atoms with Crippen LogP contribution in [0, 0.1) is 0 Å². The fourth-order valence-corrected chi connectivity index (χ4v) is 3.62. The van der Waals surface area contributed by atoms with Crippen LogP contribution in [0.2, 0.25) is 0 Å². The fourth-order valence-electron chi connectivity index (χ4n) is 3.62. The predicted molar refractivity (Wildman–Crippen MR) is 112 cm³/mol. The van der Waals surface area contributed by atoms with Gasteiger partial charge in [0.15, 0.2) is 0 Å². The number of aryl methyl sites for hydroxylation is 1. The molecule has 0 radical (unpaired) electrons. The highest BCUT2D eigenvalue weighted by atomic mass is 16.4. The minimum atomic E-state index is -0.433. The van der Waals surface area contributed by atoms with E-state index in [-0.39, 0.29) is 18.2 Å². The summed E-state index contributed by atoms with van der Waals surface area (Å²) in [4.78, 5) is 27.9. The number of carbonyl (C=O) groups is 2. The Bertz CT molecular complexity index is 1030. The van der Waals surface area contributed by atoms with Crippen LogP contribution in [0.3, 0.4) is 0 Å². The molecule has 0 aliphatic carbocycles. The fraction of sp³-hybridized carbons (Fsp3) is 0.304. The summed E-state index contributed by atoms with van der Waals surface area (Å²) in [5, 5.41) is 8.19. The number of rotatable bonds is 5. The van der Waals surface area contributed by atoms with E-state index in [1.807, 2.05) is 42.5 Å². The Morgan fingerprint density at radius 2 is 1.67 bits per heavy atom. The summed E-state index contributed by atoms with van der Waals surface area (Å²) >= 11 is 0. The SMILES string of the molecule is C[C@H]1C(=O)N(C)CCN1C(=O)CCc1nnc(-c2ccc(-c3ccccc3)cc2)o1. The van der Waals surface area contributed by atoms with Gasteiger partial charge < -0.3 is 14.2 Å². The van der Waals surface area contributed by atoms with Crippen molar-refractivity contribution in [2.24, 2.45) is 0 Å². The van der Waals surface area contributed by atoms with E-state index in [9.17, 15) is 9.59 Å². The Hall–Kier alpha value is -3.48. The van der Waals surface area contributed by atoms with Crippen molar-refractivity contribution in [2.45, 2.75) is 25.8 Å². The molecule has 1 aliphatic rings. The molecule has 2 amide bonds. The normalized spacial score (nSPS) is 16.7. The average molecular weight is 404 g/mol. The van der Waals surface area contributed by atoms with Crippen LogP contribution in [0.25, 0.3) is 22.6 Å². The topological polar surface area (TPSA) is 79.5 Å². The van der Waals surface area contributed by atoms with Gasteiger partial charge in [0.1, 0.15) is 6.04 Å². The Morgan fingerprint density at radius 1 is 1.00 bits per heavy atom. The van der Waals surface area contributed by atoms with Crippen molar-refractivity contribution in [3.63, 3.8) is 0 Å². The van der Waals surface area contributed by atoms with Gasteiger partial charge in [0.05, 0.1) is 0 Å². The third-order valence-corrected chi connectivity index (χ3v) is 5.46. The number of aromatic nitrogens is 2. The van der Waals surface area contributed by atoms with Gasteiger partial charge in [-0.05, 0) is 30.2 Å². The van der Waals surface area contributed by atoms with E-state index in [1.165, 1.54) is 0 Å². The largest absolute Gasteiger partial charge is 0.421 e. The first-order valence-corrected chi connectivity index (χ1v) is 10.1. The van der Waals surface area contributed by atoms with Crippen LogP contribution in [0.1, 0.15) is 19.2 Å². The highest BCUT2D eigenvalue weighted by Gasteiger charge is 2.32. The monoisotopic (exact) mass is 404 g/mol. The molecule has 0 unspecified atom stereocenters. The van der Waals surface area contributed by atoms with Crippen LogP contribution < -0.4 is 0 Å². The highest BCUT2D eigenvalue weighted by Crippen LogP contribution is 2.24. The molecule has 1 fully saturated rings. The molecule has 1 aliphatic heterocycles. The Balaban J connectivity index is 1.37. The molecule has 4 rings (SSSR count). The second-order valence-corrected chi connectivity index (χ2v) is 7.47. The van der Waals surface area contributed by atoms with Gasteiger partial charge in [-0.1, -0.05) is 42.5 Å². The van der Waals surface area contributed by atoms with Gasteiger partial charge in [-0.3, -0.25) is 9.59 Å². The maximum atomic E-state index is 12.5. The average Bonchev–Trinajstić information content (AvgIpc) is 3.26. The van der Waals surface area contributed by atoms with Gasteiger partial charge in [0.2, 0.25) is 23.6 Å². The first kappa shape index (κ1) is 19.8. The molecule has 0 N–H and O–H groups in total. The number of nitrogens with zero attached hydrogens (tertiary/aromatic N) is 4. The van der Waals surface area contributed by atoms with Crippen LogP contribution in [0.4, 0.5) is 0 Å². The molecule has 7 heteroatoms. The van der Waals surface area contributed by atoms with Gasteiger partial charge in [-0.25, -0.2) is 0 Å². The zero-order chi connectivity index (χ0) is 21.1. The number of hydrogen-bond donors (Lipinski definition) is 0. The number of piperazine rings is 1. The standard InChI is InChI=1S/C23H24N4O3/c1-16-23(29)26(2)14-15-27(16)21(28)13-12-20-24-25-22(30-20)19-10-8-18(9-11-19)17-6-4-3-5-7-17/h3-11,16H,12-15H2,1-2H3/t16-/m0/s1. The maximum absolute atomic E-state index is 12.5. The first-order chi connectivity index (χ1) is 14.5. The zero-order valence-electron chi connectivity index (χ0n) is 17.1. The molecule has 1 atom stereocenters. The van der Waals surface area contributed by atoms with Crippen molar-refractivity contribution >= 4 is 11.8 Å². The lowest BCUT2D eigenvalue weighted by atomic mass is 10.0. The van der Waals surface area contributed by atoms with Crippen LogP contribution in [0.5, 0.6) is 0 Å². The van der Waals surface area contributed by atoms with Crippen LogP contribution >= 0.6 is 0 Å². The lowest BCUT2D eigenvalue weighted by molar-refractivity contribution is -0.149. The molecular weight excluding hydrogens is 380 g/mol. The number of carbonyl (C=O) groups excluding carboxylic acids is 2. The predicted octanol–water partition coefficient (Wildman–Crippen LogP) is 3.03. The molecule has 7 nitrogen and oxygen atoms in total. The van der Waals surface area contributed by atoms with Crippen LogP contribution in [0.15, 0.2) is 59.0 Å². The third-order valence-electron chi connectivity index (χ3n) is 5.46. The molecule has 0 spiro atoms. The number of amides is 2. The molecule has 3 aromatic rings. The smallest absolute Gasteiger partial charge is 0.247 e. The summed E-state index contributed by atoms with van der Waals surface area (Å²) in [6.07, 6.45) is 0.580. The van der Waals surface area contributed by atoms with Gasteiger partial charge in [0.25, 0.3) is 0 Å². The van der Waals surface area contributed by atoms with Gasteiger partial charge >= 0.3 is 0 Å². The van der Waals surface area contributed by atoms with Crippen molar-refractivity contribution < 1.29 is 14.0 Å². The second kappa shape index (κ2) is 8.49. The lowest BCUT2D eigenvalue weighted by Gasteiger charge is -2.37. The van der Waals surface area contributed by atoms with Crippen molar-refractivity contribution in [2.75, 3.05) is 20.1 Å². The minimum absolute atomic E-state index is 0.0337. The molecule has 1 aromatic heterocycles. The van der Waals surface area contributed by atoms with Crippen molar-refractivity contribution in [3.05, 3.63) is 60.5 Å². The molecular formula is C23H24N4O3. The summed E-state index contributed by atoms with van der Waals surface area (Å²) in [6.45, 7) is 2.86. The number of likely N-dealkylation sites (N-methyl/N-ethyl adjacent to an activating group) is 1. The zero-order valence-corrected chi connectivity index (χ0v) is 17.1. The summed E-state index contributed by atoms with van der Waals surface area (Å²) in [5.41, 5.74) is 3.09. The van der Waals surface area contributed by atoms with E-state index in [0.717, 1.165) is 16.7 Å². The molecule has 154 valence electrons. The Labute approximate surface area is 175 Å². The van der Waals surface area contributed by atoms with Gasteiger partial charge in [0, 0.05) is 38.5 Å². The van der Waals surface area contributed by atoms with E-state index in [1.54, 1.807) is 23.8 Å². The van der Waals surface area contributed by atoms with E-state index in [4.69, 9.17) is 4.42 Å². The molecule has 0 saturated carbocycles. The van der Waals surface area contributed by atoms with Gasteiger partial charge in [-0.2, -0.15) is 0 Å². The Morgan fingerprint density at radius 3 is 2.40 bits per heavy atom. The quantitative estimate of drug-likeness (QED) is 0.653. The van der Waals surface area contributed by atoms with Crippen LogP contribution in [-0.2, 0) is 16.0 Å². The molecule has 0 bridgehead atoms. The van der Waals surface area contributed by atoms with E-state index in [2.05, 4.69) is 22.3 Å². The van der Waals surface area contributed by atoms with Gasteiger partial charge in [-0.15, -0.1) is 10.2 Å². The summed E-state index contributed by atoms with van der Waals surface area (Å²) < 4.78 is 5.75. The van der Waals surface area contributed by atoms with Crippen LogP contribution in [-0.4, -0.2) is 58.0 Å². The molecule has 30 heavy (non-hydrogen) atoms. The lowest BCUT2D eigenvalue weighted by Crippen LogP contribution is -2.56. The second-order valence-electron chi connectivity index (χ2n) is 7.47. The summed E-state index contributed by atoms with van der Waals surface area (Å²) in [5.74, 6) is 0.739.